The monoisotopic (exact) mass is 203 g/mol. The maximum absolute atomic E-state index is 13.1. The second kappa shape index (κ2) is 3.44. The van der Waals surface area contributed by atoms with Gasteiger partial charge in [-0.3, -0.25) is 0 Å². The Morgan fingerprint density at radius 1 is 0.929 bits per heavy atom. The average Bonchev–Trinajstić information content (AvgIpc) is 2.15. The molecule has 1 heterocycles. The van der Waals surface area contributed by atoms with Gasteiger partial charge in [0.1, 0.15) is 0 Å². The topological polar surface area (TPSA) is 3.24 Å². The van der Waals surface area contributed by atoms with Crippen LogP contribution in [0, 0.1) is 0 Å². The van der Waals surface area contributed by atoms with Crippen LogP contribution in [0.15, 0.2) is 0 Å². The minimum atomic E-state index is -2.39. The van der Waals surface area contributed by atoms with Crippen molar-refractivity contribution in [2.24, 2.45) is 0 Å². The fourth-order valence-electron chi connectivity index (χ4n) is 2.94. The van der Waals surface area contributed by atoms with Crippen molar-refractivity contribution in [2.45, 2.75) is 56.4 Å². The summed E-state index contributed by atoms with van der Waals surface area (Å²) in [6, 6.07) is 0. The van der Waals surface area contributed by atoms with Gasteiger partial charge in [0.15, 0.2) is 0 Å². The molecule has 1 aliphatic carbocycles. The number of piperidine rings is 1. The molecule has 0 bridgehead atoms. The minimum absolute atomic E-state index is 0.0946. The first-order valence-corrected chi connectivity index (χ1v) is 5.63. The van der Waals surface area contributed by atoms with Crippen LogP contribution in [0.2, 0.25) is 0 Å². The molecule has 0 unspecified atom stereocenters. The Morgan fingerprint density at radius 2 is 1.57 bits per heavy atom. The Labute approximate surface area is 84.5 Å². The molecule has 1 spiro atoms. The Hall–Kier alpha value is -0.180. The summed E-state index contributed by atoms with van der Waals surface area (Å²) in [6.07, 6.45) is 5.14. The van der Waals surface area contributed by atoms with Crippen molar-refractivity contribution in [3.05, 3.63) is 0 Å². The molecule has 0 N–H and O–H groups in total. The molecule has 1 saturated heterocycles. The minimum Gasteiger partial charge on any atom is -0.301 e. The number of hydrogen-bond acceptors (Lipinski definition) is 1. The smallest absolute Gasteiger partial charge is 0.248 e. The van der Waals surface area contributed by atoms with E-state index in [1.54, 1.807) is 0 Å². The maximum Gasteiger partial charge on any atom is 0.248 e. The summed E-state index contributed by atoms with van der Waals surface area (Å²) in [4.78, 5) is 2.33. The third-order valence-electron chi connectivity index (χ3n) is 4.11. The molecule has 82 valence electrons. The first-order valence-electron chi connectivity index (χ1n) is 5.63. The van der Waals surface area contributed by atoms with Gasteiger partial charge in [0.05, 0.1) is 0 Å². The SMILES string of the molecule is CN1CCCCC12CCC(F)(F)CC2. The second-order valence-corrected chi connectivity index (χ2v) is 4.96. The van der Waals surface area contributed by atoms with E-state index in [4.69, 9.17) is 0 Å². The molecule has 0 amide bonds. The van der Waals surface area contributed by atoms with Crippen molar-refractivity contribution < 1.29 is 8.78 Å². The van der Waals surface area contributed by atoms with Crippen LogP contribution in [0.5, 0.6) is 0 Å². The summed E-state index contributed by atoms with van der Waals surface area (Å²) < 4.78 is 26.1. The van der Waals surface area contributed by atoms with Crippen LogP contribution in [0.1, 0.15) is 44.9 Å². The van der Waals surface area contributed by atoms with E-state index < -0.39 is 5.92 Å². The molecule has 1 saturated carbocycles. The van der Waals surface area contributed by atoms with E-state index in [2.05, 4.69) is 11.9 Å². The zero-order valence-electron chi connectivity index (χ0n) is 8.86. The lowest BCUT2D eigenvalue weighted by molar-refractivity contribution is -0.0863. The highest BCUT2D eigenvalue weighted by Crippen LogP contribution is 2.45. The molecule has 1 nitrogen and oxygen atoms in total. The van der Waals surface area contributed by atoms with Gasteiger partial charge in [-0.05, 0) is 39.3 Å². The van der Waals surface area contributed by atoms with Gasteiger partial charge in [0, 0.05) is 18.4 Å². The van der Waals surface area contributed by atoms with E-state index in [9.17, 15) is 8.78 Å². The van der Waals surface area contributed by atoms with Crippen LogP contribution in [0.4, 0.5) is 8.78 Å². The fourth-order valence-corrected chi connectivity index (χ4v) is 2.94. The summed E-state index contributed by atoms with van der Waals surface area (Å²) in [5.74, 6) is -2.39. The highest BCUT2D eigenvalue weighted by molar-refractivity contribution is 4.97. The molecule has 2 rings (SSSR count). The van der Waals surface area contributed by atoms with Crippen LogP contribution >= 0.6 is 0 Å². The molecule has 14 heavy (non-hydrogen) atoms. The molecule has 1 aliphatic heterocycles. The molecule has 2 fully saturated rings. The molecule has 0 aromatic carbocycles. The molecule has 2 aliphatic rings. The van der Waals surface area contributed by atoms with Gasteiger partial charge in [-0.2, -0.15) is 0 Å². The molecular formula is C11H19F2N. The molecule has 0 radical (unpaired) electrons. The number of likely N-dealkylation sites (tertiary alicyclic amines) is 1. The third kappa shape index (κ3) is 1.79. The van der Waals surface area contributed by atoms with Gasteiger partial charge in [0.25, 0.3) is 0 Å². The van der Waals surface area contributed by atoms with Gasteiger partial charge in [-0.25, -0.2) is 8.78 Å². The van der Waals surface area contributed by atoms with E-state index in [-0.39, 0.29) is 18.4 Å². The van der Waals surface area contributed by atoms with Crippen molar-refractivity contribution in [3.8, 4) is 0 Å². The summed E-state index contributed by atoms with van der Waals surface area (Å²) in [5.41, 5.74) is 0.125. The van der Waals surface area contributed by atoms with Crippen LogP contribution in [0.3, 0.4) is 0 Å². The van der Waals surface area contributed by atoms with E-state index in [0.717, 1.165) is 13.0 Å². The van der Waals surface area contributed by atoms with Gasteiger partial charge in [-0.1, -0.05) is 6.42 Å². The normalized spacial score (nSPS) is 31.9. The summed E-state index contributed by atoms with van der Waals surface area (Å²) in [6.45, 7) is 1.09. The first kappa shape index (κ1) is 10.3. The van der Waals surface area contributed by atoms with Crippen LogP contribution < -0.4 is 0 Å². The van der Waals surface area contributed by atoms with Crippen molar-refractivity contribution in [1.29, 1.82) is 0 Å². The van der Waals surface area contributed by atoms with E-state index in [0.29, 0.717) is 12.8 Å². The predicted octanol–water partition coefficient (Wildman–Crippen LogP) is 3.05. The number of hydrogen-bond donors (Lipinski definition) is 0. The molecule has 0 atom stereocenters. The van der Waals surface area contributed by atoms with Crippen molar-refractivity contribution in [2.75, 3.05) is 13.6 Å². The highest BCUT2D eigenvalue weighted by Gasteiger charge is 2.45. The van der Waals surface area contributed by atoms with E-state index in [1.165, 1.54) is 12.8 Å². The lowest BCUT2D eigenvalue weighted by Gasteiger charge is -2.49. The standard InChI is InChI=1S/C11H19F2N/c1-14-9-3-2-4-10(14)5-7-11(12,13)8-6-10/h2-9H2,1H3. The number of rotatable bonds is 0. The van der Waals surface area contributed by atoms with Crippen LogP contribution in [0.25, 0.3) is 0 Å². The van der Waals surface area contributed by atoms with Crippen molar-refractivity contribution in [1.82, 2.24) is 4.90 Å². The predicted molar refractivity (Wildman–Crippen MR) is 52.6 cm³/mol. The van der Waals surface area contributed by atoms with Crippen LogP contribution in [-0.4, -0.2) is 30.0 Å². The largest absolute Gasteiger partial charge is 0.301 e. The van der Waals surface area contributed by atoms with Crippen molar-refractivity contribution in [3.63, 3.8) is 0 Å². The summed E-state index contributed by atoms with van der Waals surface area (Å²) in [7, 11) is 2.10. The summed E-state index contributed by atoms with van der Waals surface area (Å²) in [5, 5.41) is 0. The van der Waals surface area contributed by atoms with E-state index >= 15 is 0 Å². The molecule has 0 aromatic heterocycles. The zero-order chi connectivity index (χ0) is 10.2. The third-order valence-corrected chi connectivity index (χ3v) is 4.11. The number of nitrogens with zero attached hydrogens (tertiary/aromatic N) is 1. The van der Waals surface area contributed by atoms with Crippen molar-refractivity contribution >= 4 is 0 Å². The Kier molecular flexibility index (Phi) is 2.54. The zero-order valence-corrected chi connectivity index (χ0v) is 8.86. The highest BCUT2D eigenvalue weighted by atomic mass is 19.3. The van der Waals surface area contributed by atoms with E-state index in [1.807, 2.05) is 0 Å². The Balaban J connectivity index is 2.03. The molecule has 0 aromatic rings. The van der Waals surface area contributed by atoms with Gasteiger partial charge in [-0.15, -0.1) is 0 Å². The van der Waals surface area contributed by atoms with Gasteiger partial charge >= 0.3 is 0 Å². The lowest BCUT2D eigenvalue weighted by Crippen LogP contribution is -2.53. The van der Waals surface area contributed by atoms with Gasteiger partial charge in [0.2, 0.25) is 5.92 Å². The first-order chi connectivity index (χ1) is 6.54. The second-order valence-electron chi connectivity index (χ2n) is 4.96. The maximum atomic E-state index is 13.1. The number of halogens is 2. The molecule has 3 heteroatoms. The van der Waals surface area contributed by atoms with Crippen LogP contribution in [-0.2, 0) is 0 Å². The Bertz CT molecular complexity index is 205. The fraction of sp³-hybridized carbons (Fsp3) is 1.00. The average molecular weight is 203 g/mol. The summed E-state index contributed by atoms with van der Waals surface area (Å²) >= 11 is 0. The molecular weight excluding hydrogens is 184 g/mol. The van der Waals surface area contributed by atoms with Gasteiger partial charge < -0.3 is 4.90 Å². The lowest BCUT2D eigenvalue weighted by atomic mass is 9.74. The number of alkyl halides is 2. The Morgan fingerprint density at radius 3 is 2.14 bits per heavy atom. The quantitative estimate of drug-likeness (QED) is 0.585.